The van der Waals surface area contributed by atoms with Gasteiger partial charge in [0.05, 0.1) is 16.8 Å². The van der Waals surface area contributed by atoms with Crippen LogP contribution in [0.1, 0.15) is 29.5 Å². The molecule has 0 bridgehead atoms. The zero-order valence-electron chi connectivity index (χ0n) is 14.2. The highest BCUT2D eigenvalue weighted by molar-refractivity contribution is 7.18. The van der Waals surface area contributed by atoms with Crippen LogP contribution in [0.2, 0.25) is 0 Å². The van der Waals surface area contributed by atoms with Gasteiger partial charge in [0, 0.05) is 6.04 Å². The topological polar surface area (TPSA) is 45.2 Å². The predicted octanol–water partition coefficient (Wildman–Crippen LogP) is 3.75. The van der Waals surface area contributed by atoms with E-state index in [-0.39, 0.29) is 11.9 Å². The average molecular weight is 351 g/mol. The second kappa shape index (κ2) is 6.94. The minimum Gasteiger partial charge on any atom is -0.352 e. The number of aromatic nitrogens is 1. The molecule has 0 radical (unpaired) electrons. The highest BCUT2D eigenvalue weighted by Gasteiger charge is 2.31. The number of rotatable bonds is 6. The number of benzene rings is 2. The zero-order valence-corrected chi connectivity index (χ0v) is 15.0. The molecule has 4 rings (SSSR count). The first-order valence-corrected chi connectivity index (χ1v) is 9.42. The Labute approximate surface area is 151 Å². The van der Waals surface area contributed by atoms with Gasteiger partial charge >= 0.3 is 0 Å². The Morgan fingerprint density at radius 1 is 1.20 bits per heavy atom. The third-order valence-corrected chi connectivity index (χ3v) is 5.47. The summed E-state index contributed by atoms with van der Waals surface area (Å²) in [6, 6.07) is 18.2. The lowest BCUT2D eigenvalue weighted by atomic mass is 10.0. The Balaban J connectivity index is 1.57. The molecule has 1 amide bonds. The Morgan fingerprint density at radius 2 is 1.92 bits per heavy atom. The number of carbonyl (C=O) groups is 1. The highest BCUT2D eigenvalue weighted by atomic mass is 32.1. The number of nitrogens with zero attached hydrogens (tertiary/aromatic N) is 2. The van der Waals surface area contributed by atoms with Crippen LogP contribution in [0.25, 0.3) is 10.2 Å². The number of carbonyl (C=O) groups excluding carboxylic acids is 1. The summed E-state index contributed by atoms with van der Waals surface area (Å²) in [5.74, 6) is 0.0808. The summed E-state index contributed by atoms with van der Waals surface area (Å²) >= 11 is 1.69. The first-order chi connectivity index (χ1) is 12.2. The molecule has 5 heteroatoms. The molecule has 0 saturated heterocycles. The molecule has 1 heterocycles. The van der Waals surface area contributed by atoms with Gasteiger partial charge in [-0.2, -0.15) is 0 Å². The van der Waals surface area contributed by atoms with E-state index in [1.165, 1.54) is 4.70 Å². The molecule has 4 nitrogen and oxygen atoms in total. The van der Waals surface area contributed by atoms with Crippen molar-refractivity contribution in [3.63, 3.8) is 0 Å². The van der Waals surface area contributed by atoms with Gasteiger partial charge in [0.25, 0.3) is 0 Å². The van der Waals surface area contributed by atoms with Crippen LogP contribution in [0, 0.1) is 0 Å². The Kier molecular flexibility index (Phi) is 4.51. The van der Waals surface area contributed by atoms with E-state index in [9.17, 15) is 4.79 Å². The van der Waals surface area contributed by atoms with Crippen molar-refractivity contribution >= 4 is 27.5 Å². The van der Waals surface area contributed by atoms with E-state index in [4.69, 9.17) is 4.98 Å². The number of thiazole rings is 1. The molecule has 1 aromatic heterocycles. The van der Waals surface area contributed by atoms with E-state index in [1.807, 2.05) is 55.6 Å². The van der Waals surface area contributed by atoms with E-state index in [0.29, 0.717) is 12.6 Å². The maximum atomic E-state index is 12.8. The van der Waals surface area contributed by atoms with Crippen molar-refractivity contribution in [1.82, 2.24) is 15.2 Å². The van der Waals surface area contributed by atoms with Crippen LogP contribution in [-0.2, 0) is 11.3 Å². The van der Waals surface area contributed by atoms with E-state index in [1.54, 1.807) is 11.3 Å². The van der Waals surface area contributed by atoms with Crippen molar-refractivity contribution in [2.45, 2.75) is 31.5 Å². The molecular formula is C20H21N3OS. The van der Waals surface area contributed by atoms with Crippen molar-refractivity contribution in [2.75, 3.05) is 7.05 Å². The lowest BCUT2D eigenvalue weighted by Gasteiger charge is -2.26. The number of para-hydroxylation sites is 1. The minimum atomic E-state index is -0.297. The molecule has 0 aliphatic heterocycles. The second-order valence-corrected chi connectivity index (χ2v) is 7.70. The van der Waals surface area contributed by atoms with Crippen LogP contribution in [0.3, 0.4) is 0 Å². The summed E-state index contributed by atoms with van der Waals surface area (Å²) in [5.41, 5.74) is 2.04. The van der Waals surface area contributed by atoms with Crippen molar-refractivity contribution in [1.29, 1.82) is 0 Å². The third-order valence-electron chi connectivity index (χ3n) is 4.45. The molecule has 3 aromatic rings. The number of amides is 1. The Hall–Kier alpha value is -2.24. The van der Waals surface area contributed by atoms with Gasteiger partial charge in [0.15, 0.2) is 0 Å². The highest BCUT2D eigenvalue weighted by Crippen LogP contribution is 2.27. The second-order valence-electron chi connectivity index (χ2n) is 6.59. The van der Waals surface area contributed by atoms with E-state index in [0.717, 1.165) is 28.9 Å². The number of hydrogen-bond acceptors (Lipinski definition) is 4. The molecule has 0 unspecified atom stereocenters. The molecule has 25 heavy (non-hydrogen) atoms. The fourth-order valence-corrected chi connectivity index (χ4v) is 4.07. The zero-order chi connectivity index (χ0) is 17.2. The van der Waals surface area contributed by atoms with Crippen LogP contribution in [0.5, 0.6) is 0 Å². The van der Waals surface area contributed by atoms with Gasteiger partial charge in [0.1, 0.15) is 11.0 Å². The summed E-state index contributed by atoms with van der Waals surface area (Å²) < 4.78 is 1.18. The Morgan fingerprint density at radius 3 is 2.64 bits per heavy atom. The fourth-order valence-electron chi connectivity index (χ4n) is 3.04. The summed E-state index contributed by atoms with van der Waals surface area (Å²) in [4.78, 5) is 19.6. The predicted molar refractivity (Wildman–Crippen MR) is 101 cm³/mol. The van der Waals surface area contributed by atoms with Crippen molar-refractivity contribution < 1.29 is 4.79 Å². The molecule has 1 N–H and O–H groups in total. The van der Waals surface area contributed by atoms with E-state index < -0.39 is 0 Å². The quantitative estimate of drug-likeness (QED) is 0.736. The molecule has 1 aliphatic rings. The van der Waals surface area contributed by atoms with E-state index in [2.05, 4.69) is 16.3 Å². The van der Waals surface area contributed by atoms with Crippen LogP contribution >= 0.6 is 11.3 Å². The van der Waals surface area contributed by atoms with Crippen molar-refractivity contribution in [3.05, 3.63) is 65.2 Å². The largest absolute Gasteiger partial charge is 0.352 e. The summed E-state index contributed by atoms with van der Waals surface area (Å²) in [5, 5.41) is 4.18. The van der Waals surface area contributed by atoms with Gasteiger partial charge in [-0.25, -0.2) is 4.98 Å². The molecule has 1 fully saturated rings. The van der Waals surface area contributed by atoms with Gasteiger partial charge in [-0.15, -0.1) is 11.3 Å². The van der Waals surface area contributed by atoms with Gasteiger partial charge in [-0.3, -0.25) is 9.69 Å². The fraction of sp³-hybridized carbons (Fsp3) is 0.300. The number of fused-ring (bicyclic) bond motifs is 1. The number of hydrogen-bond donors (Lipinski definition) is 1. The van der Waals surface area contributed by atoms with Crippen LogP contribution < -0.4 is 5.32 Å². The van der Waals surface area contributed by atoms with Crippen molar-refractivity contribution in [3.8, 4) is 0 Å². The maximum Gasteiger partial charge on any atom is 0.242 e. The SMILES string of the molecule is CN(Cc1nc2ccccc2s1)[C@@H](C(=O)NC1CC1)c1ccccc1. The summed E-state index contributed by atoms with van der Waals surface area (Å²) in [6.45, 7) is 0.650. The Bertz CT molecular complexity index is 840. The molecule has 128 valence electrons. The lowest BCUT2D eigenvalue weighted by Crippen LogP contribution is -2.39. The summed E-state index contributed by atoms with van der Waals surface area (Å²) in [6.07, 6.45) is 2.18. The number of likely N-dealkylation sites (N-methyl/N-ethyl adjacent to an activating group) is 1. The standard InChI is InChI=1S/C20H21N3OS/c1-23(13-18-22-16-9-5-6-10-17(16)25-18)19(14-7-3-2-4-8-14)20(24)21-15-11-12-15/h2-10,15,19H,11-13H2,1H3,(H,21,24)/t19-/m1/s1. The maximum absolute atomic E-state index is 12.8. The first kappa shape index (κ1) is 16.2. The van der Waals surface area contributed by atoms with Gasteiger partial charge in [-0.1, -0.05) is 42.5 Å². The van der Waals surface area contributed by atoms with Crippen LogP contribution in [0.4, 0.5) is 0 Å². The summed E-state index contributed by atoms with van der Waals surface area (Å²) in [7, 11) is 2.00. The molecule has 1 aliphatic carbocycles. The average Bonchev–Trinajstić information content (AvgIpc) is 3.32. The molecule has 1 atom stereocenters. The van der Waals surface area contributed by atoms with Crippen molar-refractivity contribution in [2.24, 2.45) is 0 Å². The van der Waals surface area contributed by atoms with Crippen LogP contribution in [0.15, 0.2) is 54.6 Å². The van der Waals surface area contributed by atoms with Gasteiger partial charge in [-0.05, 0) is 37.6 Å². The lowest BCUT2D eigenvalue weighted by molar-refractivity contribution is -0.126. The smallest absolute Gasteiger partial charge is 0.242 e. The monoisotopic (exact) mass is 351 g/mol. The molecule has 0 spiro atoms. The minimum absolute atomic E-state index is 0.0808. The van der Waals surface area contributed by atoms with Gasteiger partial charge < -0.3 is 5.32 Å². The normalized spacial score (nSPS) is 15.4. The van der Waals surface area contributed by atoms with Gasteiger partial charge in [0.2, 0.25) is 5.91 Å². The number of nitrogens with one attached hydrogen (secondary N) is 1. The third kappa shape index (κ3) is 3.72. The first-order valence-electron chi connectivity index (χ1n) is 8.61. The molecule has 1 saturated carbocycles. The molecular weight excluding hydrogens is 330 g/mol. The molecule has 2 aromatic carbocycles. The van der Waals surface area contributed by atoms with E-state index >= 15 is 0 Å². The van der Waals surface area contributed by atoms with Crippen LogP contribution in [-0.4, -0.2) is 28.9 Å².